The van der Waals surface area contributed by atoms with Gasteiger partial charge >= 0.3 is 5.97 Å². The number of nitrogens with one attached hydrogen (secondary N) is 1. The number of phenols is 1. The van der Waals surface area contributed by atoms with Gasteiger partial charge in [0.05, 0.1) is 5.56 Å². The fourth-order valence-corrected chi connectivity index (χ4v) is 1.67. The molecule has 5 nitrogen and oxygen atoms in total. The number of aromatic hydroxyl groups is 1. The standard InChI is InChI=1S/C14H19NO4/c1-9-3-5-11(12(16)7-9)14(19)15-8-10(2)4-6-13(17)18/h3,5,7,10,16H,4,6,8H2,1-2H3,(H,15,19)(H,17,18). The summed E-state index contributed by atoms with van der Waals surface area (Å²) in [4.78, 5) is 22.3. The maximum atomic E-state index is 11.8. The molecule has 1 aromatic rings. The van der Waals surface area contributed by atoms with Gasteiger partial charge in [0.2, 0.25) is 0 Å². The summed E-state index contributed by atoms with van der Waals surface area (Å²) in [7, 11) is 0. The van der Waals surface area contributed by atoms with Crippen molar-refractivity contribution >= 4 is 11.9 Å². The lowest BCUT2D eigenvalue weighted by Crippen LogP contribution is -2.28. The summed E-state index contributed by atoms with van der Waals surface area (Å²) >= 11 is 0. The lowest BCUT2D eigenvalue weighted by atomic mass is 10.1. The molecule has 0 aromatic heterocycles. The fourth-order valence-electron chi connectivity index (χ4n) is 1.67. The zero-order chi connectivity index (χ0) is 14.4. The Morgan fingerprint density at radius 2 is 2.05 bits per heavy atom. The number of benzene rings is 1. The van der Waals surface area contributed by atoms with E-state index in [0.717, 1.165) is 5.56 Å². The van der Waals surface area contributed by atoms with E-state index in [0.29, 0.717) is 13.0 Å². The Bertz CT molecular complexity index is 471. The highest BCUT2D eigenvalue weighted by atomic mass is 16.4. The average Bonchev–Trinajstić information content (AvgIpc) is 2.33. The van der Waals surface area contributed by atoms with Gasteiger partial charge in [-0.15, -0.1) is 0 Å². The van der Waals surface area contributed by atoms with E-state index in [1.807, 2.05) is 13.8 Å². The first-order valence-electron chi connectivity index (χ1n) is 6.19. The predicted octanol–water partition coefficient (Wildman–Crippen LogP) is 1.93. The molecule has 0 saturated carbocycles. The number of carbonyl (C=O) groups excluding carboxylic acids is 1. The highest BCUT2D eigenvalue weighted by Crippen LogP contribution is 2.18. The third kappa shape index (κ3) is 4.99. The van der Waals surface area contributed by atoms with Gasteiger partial charge in [0.15, 0.2) is 0 Å². The summed E-state index contributed by atoms with van der Waals surface area (Å²) in [6.07, 6.45) is 0.600. The smallest absolute Gasteiger partial charge is 0.303 e. The van der Waals surface area contributed by atoms with E-state index in [1.54, 1.807) is 12.1 Å². The average molecular weight is 265 g/mol. The van der Waals surface area contributed by atoms with Gasteiger partial charge in [-0.1, -0.05) is 13.0 Å². The molecule has 5 heteroatoms. The van der Waals surface area contributed by atoms with Crippen LogP contribution in [-0.2, 0) is 4.79 Å². The maximum Gasteiger partial charge on any atom is 0.303 e. The number of rotatable bonds is 6. The number of carboxylic acids is 1. The lowest BCUT2D eigenvalue weighted by molar-refractivity contribution is -0.137. The molecule has 0 aliphatic heterocycles. The van der Waals surface area contributed by atoms with Crippen LogP contribution in [0.3, 0.4) is 0 Å². The van der Waals surface area contributed by atoms with Gasteiger partial charge in [0, 0.05) is 13.0 Å². The van der Waals surface area contributed by atoms with Crippen molar-refractivity contribution in [2.24, 2.45) is 5.92 Å². The molecule has 0 aliphatic carbocycles. The molecular formula is C14H19NO4. The number of hydrogen-bond donors (Lipinski definition) is 3. The van der Waals surface area contributed by atoms with Crippen LogP contribution in [0.15, 0.2) is 18.2 Å². The van der Waals surface area contributed by atoms with Crippen LogP contribution >= 0.6 is 0 Å². The Morgan fingerprint density at radius 1 is 1.37 bits per heavy atom. The molecule has 1 rings (SSSR count). The molecule has 3 N–H and O–H groups in total. The quantitative estimate of drug-likeness (QED) is 0.733. The van der Waals surface area contributed by atoms with Crippen molar-refractivity contribution in [2.75, 3.05) is 6.54 Å². The largest absolute Gasteiger partial charge is 0.507 e. The Morgan fingerprint density at radius 3 is 2.63 bits per heavy atom. The second-order valence-corrected chi connectivity index (χ2v) is 4.77. The van der Waals surface area contributed by atoms with Crippen molar-refractivity contribution in [3.05, 3.63) is 29.3 Å². The van der Waals surface area contributed by atoms with Crippen molar-refractivity contribution in [1.82, 2.24) is 5.32 Å². The van der Waals surface area contributed by atoms with Crippen molar-refractivity contribution in [2.45, 2.75) is 26.7 Å². The minimum atomic E-state index is -0.839. The van der Waals surface area contributed by atoms with Crippen LogP contribution in [0.4, 0.5) is 0 Å². The lowest BCUT2D eigenvalue weighted by Gasteiger charge is -2.12. The first kappa shape index (κ1) is 15.0. The number of aryl methyl sites for hydroxylation is 1. The second kappa shape index (κ2) is 6.78. The predicted molar refractivity (Wildman–Crippen MR) is 71.2 cm³/mol. The molecule has 1 aromatic carbocycles. The van der Waals surface area contributed by atoms with E-state index in [4.69, 9.17) is 5.11 Å². The summed E-state index contributed by atoms with van der Waals surface area (Å²) < 4.78 is 0. The molecule has 0 spiro atoms. The summed E-state index contributed by atoms with van der Waals surface area (Å²) in [5.41, 5.74) is 1.11. The molecular weight excluding hydrogens is 246 g/mol. The molecule has 0 fully saturated rings. The number of carboxylic acid groups (broad SMARTS) is 1. The van der Waals surface area contributed by atoms with Crippen molar-refractivity contribution in [3.8, 4) is 5.75 Å². The number of amides is 1. The van der Waals surface area contributed by atoms with Gasteiger partial charge in [-0.05, 0) is 37.0 Å². The minimum absolute atomic E-state index is 0.0457. The first-order valence-corrected chi connectivity index (χ1v) is 6.19. The monoisotopic (exact) mass is 265 g/mol. The Kier molecular flexibility index (Phi) is 5.36. The zero-order valence-electron chi connectivity index (χ0n) is 11.1. The number of phenolic OH excluding ortho intramolecular Hbond substituents is 1. The summed E-state index contributed by atoms with van der Waals surface area (Å²) in [5.74, 6) is -1.16. The Labute approximate surface area is 112 Å². The van der Waals surface area contributed by atoms with Crippen LogP contribution in [0.5, 0.6) is 5.75 Å². The van der Waals surface area contributed by atoms with Gasteiger partial charge in [-0.3, -0.25) is 9.59 Å². The van der Waals surface area contributed by atoms with E-state index in [-0.39, 0.29) is 29.6 Å². The Balaban J connectivity index is 2.49. The molecule has 0 heterocycles. The third-order valence-electron chi connectivity index (χ3n) is 2.86. The van der Waals surface area contributed by atoms with Crippen molar-refractivity contribution in [3.63, 3.8) is 0 Å². The molecule has 1 atom stereocenters. The van der Waals surface area contributed by atoms with Gasteiger partial charge in [-0.25, -0.2) is 0 Å². The second-order valence-electron chi connectivity index (χ2n) is 4.77. The SMILES string of the molecule is Cc1ccc(C(=O)NCC(C)CCC(=O)O)c(O)c1. The molecule has 0 saturated heterocycles. The van der Waals surface area contributed by atoms with Gasteiger partial charge in [0.25, 0.3) is 5.91 Å². The highest BCUT2D eigenvalue weighted by Gasteiger charge is 2.12. The highest BCUT2D eigenvalue weighted by molar-refractivity contribution is 5.96. The van der Waals surface area contributed by atoms with E-state index in [1.165, 1.54) is 6.07 Å². The van der Waals surface area contributed by atoms with Crippen LogP contribution in [0.25, 0.3) is 0 Å². The molecule has 0 aliphatic rings. The molecule has 0 bridgehead atoms. The van der Waals surface area contributed by atoms with Crippen LogP contribution in [0, 0.1) is 12.8 Å². The van der Waals surface area contributed by atoms with Crippen LogP contribution < -0.4 is 5.32 Å². The van der Waals surface area contributed by atoms with Crippen LogP contribution in [-0.4, -0.2) is 28.6 Å². The van der Waals surface area contributed by atoms with E-state index >= 15 is 0 Å². The third-order valence-corrected chi connectivity index (χ3v) is 2.86. The van der Waals surface area contributed by atoms with Gasteiger partial charge in [0.1, 0.15) is 5.75 Å². The summed E-state index contributed by atoms with van der Waals surface area (Å²) in [6.45, 7) is 4.09. The molecule has 1 amide bonds. The van der Waals surface area contributed by atoms with E-state index in [2.05, 4.69) is 5.32 Å². The normalized spacial score (nSPS) is 11.9. The number of aliphatic carboxylic acids is 1. The summed E-state index contributed by atoms with van der Waals surface area (Å²) in [6, 6.07) is 4.85. The number of hydrogen-bond acceptors (Lipinski definition) is 3. The first-order chi connectivity index (χ1) is 8.90. The molecule has 19 heavy (non-hydrogen) atoms. The van der Waals surface area contributed by atoms with Crippen LogP contribution in [0.1, 0.15) is 35.7 Å². The Hall–Kier alpha value is -2.04. The van der Waals surface area contributed by atoms with Gasteiger partial charge < -0.3 is 15.5 Å². The number of carbonyl (C=O) groups is 2. The summed E-state index contributed by atoms with van der Waals surface area (Å²) in [5, 5.41) is 20.9. The zero-order valence-corrected chi connectivity index (χ0v) is 11.1. The molecule has 104 valence electrons. The van der Waals surface area contributed by atoms with Crippen LogP contribution in [0.2, 0.25) is 0 Å². The molecule has 1 unspecified atom stereocenters. The fraction of sp³-hybridized carbons (Fsp3) is 0.429. The topological polar surface area (TPSA) is 86.6 Å². The van der Waals surface area contributed by atoms with E-state index < -0.39 is 5.97 Å². The van der Waals surface area contributed by atoms with Crippen molar-refractivity contribution in [1.29, 1.82) is 0 Å². The van der Waals surface area contributed by atoms with E-state index in [9.17, 15) is 14.7 Å². The molecule has 0 radical (unpaired) electrons. The van der Waals surface area contributed by atoms with Gasteiger partial charge in [-0.2, -0.15) is 0 Å². The minimum Gasteiger partial charge on any atom is -0.507 e. The maximum absolute atomic E-state index is 11.8. The van der Waals surface area contributed by atoms with Crippen molar-refractivity contribution < 1.29 is 19.8 Å².